The van der Waals surface area contributed by atoms with Gasteiger partial charge in [0.05, 0.1) is 12.0 Å². The summed E-state index contributed by atoms with van der Waals surface area (Å²) in [4.78, 5) is 36.1. The molecule has 7 nitrogen and oxygen atoms in total. The number of nitrogens with zero attached hydrogens (tertiary/aromatic N) is 4. The number of rotatable bonds is 4. The molecule has 34 heavy (non-hydrogen) atoms. The molecule has 2 aliphatic heterocycles. The minimum Gasteiger partial charge on any atom is -0.505 e. The molecule has 2 amide bonds. The van der Waals surface area contributed by atoms with Crippen LogP contribution in [0.2, 0.25) is 0 Å². The summed E-state index contributed by atoms with van der Waals surface area (Å²) in [7, 11) is 3.73. The fourth-order valence-corrected chi connectivity index (χ4v) is 4.86. The molecule has 2 aliphatic rings. The number of phenolic OH excluding ortho intramolecular Hbond substituents is 1. The van der Waals surface area contributed by atoms with E-state index in [0.717, 1.165) is 29.8 Å². The second-order valence-corrected chi connectivity index (χ2v) is 9.25. The van der Waals surface area contributed by atoms with E-state index >= 15 is 0 Å². The Morgan fingerprint density at radius 2 is 1.79 bits per heavy atom. The van der Waals surface area contributed by atoms with Gasteiger partial charge in [-0.15, -0.1) is 0 Å². The first-order chi connectivity index (χ1) is 16.3. The van der Waals surface area contributed by atoms with Crippen molar-refractivity contribution in [1.29, 1.82) is 0 Å². The van der Waals surface area contributed by atoms with Crippen LogP contribution in [0.4, 0.5) is 4.39 Å². The van der Waals surface area contributed by atoms with Gasteiger partial charge in [0.2, 0.25) is 5.91 Å². The van der Waals surface area contributed by atoms with Crippen molar-refractivity contribution in [2.75, 3.05) is 40.3 Å². The van der Waals surface area contributed by atoms with Gasteiger partial charge in [0, 0.05) is 51.4 Å². The number of carbonyl (C=O) groups excluding carboxylic acids is 2. The van der Waals surface area contributed by atoms with E-state index in [9.17, 15) is 19.1 Å². The zero-order valence-corrected chi connectivity index (χ0v) is 19.3. The van der Waals surface area contributed by atoms with Gasteiger partial charge in [0.1, 0.15) is 11.3 Å². The summed E-state index contributed by atoms with van der Waals surface area (Å²) in [5.74, 6) is -0.684. The summed E-state index contributed by atoms with van der Waals surface area (Å²) >= 11 is 0. The van der Waals surface area contributed by atoms with Gasteiger partial charge >= 0.3 is 0 Å². The fraction of sp³-hybridized carbons (Fsp3) is 0.346. The van der Waals surface area contributed by atoms with Gasteiger partial charge in [-0.3, -0.25) is 14.6 Å². The molecule has 176 valence electrons. The van der Waals surface area contributed by atoms with Crippen molar-refractivity contribution in [2.24, 2.45) is 0 Å². The number of pyridine rings is 1. The van der Waals surface area contributed by atoms with E-state index in [4.69, 9.17) is 0 Å². The lowest BCUT2D eigenvalue weighted by atomic mass is 9.92. The van der Waals surface area contributed by atoms with E-state index in [-0.39, 0.29) is 35.4 Å². The lowest BCUT2D eigenvalue weighted by Gasteiger charge is -2.32. The van der Waals surface area contributed by atoms with Crippen molar-refractivity contribution < 1.29 is 19.1 Å². The molecule has 5 rings (SSSR count). The highest BCUT2D eigenvalue weighted by atomic mass is 19.1. The zero-order chi connectivity index (χ0) is 24.0. The van der Waals surface area contributed by atoms with Crippen LogP contribution >= 0.6 is 0 Å². The maximum absolute atomic E-state index is 13.3. The molecule has 0 spiro atoms. The molecule has 3 aromatic rings. The first-order valence-electron chi connectivity index (χ1n) is 11.4. The van der Waals surface area contributed by atoms with Crippen molar-refractivity contribution >= 4 is 22.7 Å². The summed E-state index contributed by atoms with van der Waals surface area (Å²) in [5, 5.41) is 11.6. The Morgan fingerprint density at radius 3 is 2.50 bits per heavy atom. The van der Waals surface area contributed by atoms with E-state index in [1.807, 2.05) is 18.0 Å². The second-order valence-electron chi connectivity index (χ2n) is 9.25. The first-order valence-corrected chi connectivity index (χ1v) is 11.4. The smallest absolute Gasteiger partial charge is 0.258 e. The maximum atomic E-state index is 13.3. The maximum Gasteiger partial charge on any atom is 0.258 e. The molecule has 8 heteroatoms. The standard InChI is InChI=1S/C26H27FN4O3/c1-29-7-9-31(10-8-29)22(32)13-19-20-12-17(11-16-3-5-18(27)6-4-16)14-28-24(20)25(33)23-21(19)15-30(2)26(23)34/h3-6,12,14,33H,7-11,13,15H2,1-2H3. The number of hydrogen-bond donors (Lipinski definition) is 1. The highest BCUT2D eigenvalue weighted by Gasteiger charge is 2.34. The van der Waals surface area contributed by atoms with Gasteiger partial charge < -0.3 is 19.8 Å². The van der Waals surface area contributed by atoms with Crippen LogP contribution in [-0.2, 0) is 24.2 Å². The number of piperazine rings is 1. The Balaban J connectivity index is 1.58. The molecule has 0 radical (unpaired) electrons. The van der Waals surface area contributed by atoms with Gasteiger partial charge in [-0.05, 0) is 53.9 Å². The van der Waals surface area contributed by atoms with Crippen molar-refractivity contribution in [3.63, 3.8) is 0 Å². The van der Waals surface area contributed by atoms with Gasteiger partial charge in [0.25, 0.3) is 5.91 Å². The predicted molar refractivity (Wildman–Crippen MR) is 126 cm³/mol. The van der Waals surface area contributed by atoms with Crippen LogP contribution in [0.5, 0.6) is 5.75 Å². The number of hydrogen-bond acceptors (Lipinski definition) is 5. The number of aromatic hydroxyl groups is 1. The Morgan fingerprint density at radius 1 is 1.09 bits per heavy atom. The molecule has 1 aromatic heterocycles. The van der Waals surface area contributed by atoms with Crippen molar-refractivity contribution in [3.8, 4) is 5.75 Å². The van der Waals surface area contributed by atoms with Crippen LogP contribution in [0.1, 0.15) is 32.6 Å². The number of phenols is 1. The molecule has 0 aliphatic carbocycles. The number of likely N-dealkylation sites (N-methyl/N-ethyl adjacent to an activating group) is 1. The third-order valence-corrected chi connectivity index (χ3v) is 6.86. The van der Waals surface area contributed by atoms with Crippen molar-refractivity contribution in [3.05, 3.63) is 70.2 Å². The lowest BCUT2D eigenvalue weighted by Crippen LogP contribution is -2.47. The van der Waals surface area contributed by atoms with E-state index in [1.54, 1.807) is 30.3 Å². The lowest BCUT2D eigenvalue weighted by molar-refractivity contribution is -0.132. The normalized spacial score (nSPS) is 16.4. The van der Waals surface area contributed by atoms with E-state index in [2.05, 4.69) is 9.88 Å². The zero-order valence-electron chi connectivity index (χ0n) is 19.3. The van der Waals surface area contributed by atoms with E-state index in [0.29, 0.717) is 42.5 Å². The van der Waals surface area contributed by atoms with Crippen LogP contribution in [0.25, 0.3) is 10.9 Å². The Labute approximate surface area is 197 Å². The Kier molecular flexibility index (Phi) is 5.69. The average Bonchev–Trinajstić information content (AvgIpc) is 3.12. The third-order valence-electron chi connectivity index (χ3n) is 6.86. The topological polar surface area (TPSA) is 77.0 Å². The molecule has 1 N–H and O–H groups in total. The Bertz CT molecular complexity index is 1280. The van der Waals surface area contributed by atoms with E-state index < -0.39 is 0 Å². The van der Waals surface area contributed by atoms with Gasteiger partial charge in [-0.1, -0.05) is 12.1 Å². The van der Waals surface area contributed by atoms with Crippen molar-refractivity contribution in [1.82, 2.24) is 19.7 Å². The number of carbonyl (C=O) groups is 2. The van der Waals surface area contributed by atoms with Gasteiger partial charge in [0.15, 0.2) is 5.75 Å². The fourth-order valence-electron chi connectivity index (χ4n) is 4.86. The molecular formula is C26H27FN4O3. The molecule has 1 saturated heterocycles. The molecule has 0 saturated carbocycles. The third kappa shape index (κ3) is 3.98. The van der Waals surface area contributed by atoms with Gasteiger partial charge in [-0.2, -0.15) is 0 Å². The number of benzene rings is 2. The van der Waals surface area contributed by atoms with Crippen LogP contribution in [-0.4, -0.2) is 76.9 Å². The van der Waals surface area contributed by atoms with Crippen LogP contribution in [0, 0.1) is 5.82 Å². The van der Waals surface area contributed by atoms with Gasteiger partial charge in [-0.25, -0.2) is 4.39 Å². The molecule has 0 unspecified atom stereocenters. The largest absolute Gasteiger partial charge is 0.505 e. The number of fused-ring (bicyclic) bond motifs is 2. The summed E-state index contributed by atoms with van der Waals surface area (Å²) in [6, 6.07) is 8.23. The monoisotopic (exact) mass is 462 g/mol. The molecule has 0 bridgehead atoms. The molecule has 0 atom stereocenters. The highest BCUT2D eigenvalue weighted by Crippen LogP contribution is 2.40. The SMILES string of the molecule is CN1CCN(C(=O)Cc2c3c(c(O)c4ncc(Cc5ccc(F)cc5)cc24)C(=O)N(C)C3)CC1. The number of amides is 2. The van der Waals surface area contributed by atoms with Crippen LogP contribution in [0.15, 0.2) is 36.5 Å². The minimum atomic E-state index is -0.292. The first kappa shape index (κ1) is 22.3. The van der Waals surface area contributed by atoms with Crippen LogP contribution < -0.4 is 0 Å². The highest BCUT2D eigenvalue weighted by molar-refractivity contribution is 6.08. The number of aromatic nitrogens is 1. The van der Waals surface area contributed by atoms with Crippen LogP contribution in [0.3, 0.4) is 0 Å². The quantitative estimate of drug-likeness (QED) is 0.645. The Hall–Kier alpha value is -3.52. The van der Waals surface area contributed by atoms with E-state index in [1.165, 1.54) is 12.1 Å². The molecule has 1 fully saturated rings. The predicted octanol–water partition coefficient (Wildman–Crippen LogP) is 2.57. The molecule has 3 heterocycles. The number of halogens is 1. The summed E-state index contributed by atoms with van der Waals surface area (Å²) in [5.41, 5.74) is 3.82. The molecular weight excluding hydrogens is 435 g/mol. The minimum absolute atomic E-state index is 0.00762. The summed E-state index contributed by atoms with van der Waals surface area (Å²) in [6.07, 6.45) is 2.34. The summed E-state index contributed by atoms with van der Waals surface area (Å²) in [6.45, 7) is 3.32. The summed E-state index contributed by atoms with van der Waals surface area (Å²) < 4.78 is 13.3. The van der Waals surface area contributed by atoms with Crippen molar-refractivity contribution in [2.45, 2.75) is 19.4 Å². The average molecular weight is 463 g/mol. The second kappa shape index (κ2) is 8.68. The molecule has 2 aromatic carbocycles.